The average Bonchev–Trinajstić information content (AvgIpc) is 3.23. The lowest BCUT2D eigenvalue weighted by Gasteiger charge is -2.30. The number of hydrogen-bond acceptors (Lipinski definition) is 4. The molecule has 168 valence electrons. The molecular formula is C24H33N3O3S. The summed E-state index contributed by atoms with van der Waals surface area (Å²) >= 11 is 0. The van der Waals surface area contributed by atoms with Crippen LogP contribution in [-0.2, 0) is 27.9 Å². The van der Waals surface area contributed by atoms with Crippen LogP contribution in [0.3, 0.4) is 0 Å². The summed E-state index contributed by atoms with van der Waals surface area (Å²) in [6.45, 7) is 7.38. The van der Waals surface area contributed by atoms with Crippen LogP contribution in [0.25, 0.3) is 0 Å². The van der Waals surface area contributed by atoms with Gasteiger partial charge in [-0.25, -0.2) is 8.42 Å². The molecule has 1 fully saturated rings. The van der Waals surface area contributed by atoms with E-state index in [1.807, 2.05) is 32.0 Å². The van der Waals surface area contributed by atoms with Gasteiger partial charge in [0.2, 0.25) is 15.9 Å². The van der Waals surface area contributed by atoms with Crippen molar-refractivity contribution in [1.82, 2.24) is 10.2 Å². The van der Waals surface area contributed by atoms with Gasteiger partial charge in [0.05, 0.1) is 11.9 Å². The quantitative estimate of drug-likeness (QED) is 0.644. The van der Waals surface area contributed by atoms with Crippen molar-refractivity contribution in [3.05, 3.63) is 65.2 Å². The maximum absolute atomic E-state index is 13.0. The number of carbonyl (C=O) groups excluding carboxylic acids is 1. The molecule has 1 saturated heterocycles. The lowest BCUT2D eigenvalue weighted by atomic mass is 10.1. The number of likely N-dealkylation sites (tertiary alicyclic amines) is 1. The fraction of sp³-hybridized carbons (Fsp3) is 0.458. The SMILES string of the molecule is CCC(C(=O)NCc1ccc(CN2CCCC2)cc1)N(c1cccc(C)c1)S(C)(=O)=O. The molecule has 1 atom stereocenters. The predicted octanol–water partition coefficient (Wildman–Crippen LogP) is 3.45. The Hall–Kier alpha value is -2.38. The number of hydrogen-bond donors (Lipinski definition) is 1. The Balaban J connectivity index is 1.66. The van der Waals surface area contributed by atoms with Gasteiger partial charge in [-0.15, -0.1) is 0 Å². The number of aryl methyl sites for hydroxylation is 1. The highest BCUT2D eigenvalue weighted by atomic mass is 32.2. The summed E-state index contributed by atoms with van der Waals surface area (Å²) in [5, 5.41) is 2.92. The van der Waals surface area contributed by atoms with Crippen molar-refractivity contribution >= 4 is 21.6 Å². The molecule has 31 heavy (non-hydrogen) atoms. The van der Waals surface area contributed by atoms with E-state index in [1.54, 1.807) is 18.2 Å². The monoisotopic (exact) mass is 443 g/mol. The van der Waals surface area contributed by atoms with Gasteiger partial charge in [0.25, 0.3) is 0 Å². The van der Waals surface area contributed by atoms with E-state index in [0.717, 1.165) is 37.0 Å². The molecular weight excluding hydrogens is 410 g/mol. The zero-order valence-electron chi connectivity index (χ0n) is 18.7. The van der Waals surface area contributed by atoms with Crippen LogP contribution in [-0.4, -0.2) is 44.6 Å². The van der Waals surface area contributed by atoms with Gasteiger partial charge >= 0.3 is 0 Å². The zero-order chi connectivity index (χ0) is 22.4. The van der Waals surface area contributed by atoms with Gasteiger partial charge in [0, 0.05) is 13.1 Å². The van der Waals surface area contributed by atoms with Crippen LogP contribution in [0.2, 0.25) is 0 Å². The van der Waals surface area contributed by atoms with Crippen molar-refractivity contribution in [2.24, 2.45) is 0 Å². The maximum Gasteiger partial charge on any atom is 0.244 e. The van der Waals surface area contributed by atoms with Crippen molar-refractivity contribution in [3.63, 3.8) is 0 Å². The van der Waals surface area contributed by atoms with E-state index in [1.165, 1.54) is 22.7 Å². The molecule has 6 nitrogen and oxygen atoms in total. The van der Waals surface area contributed by atoms with Crippen LogP contribution in [0.15, 0.2) is 48.5 Å². The highest BCUT2D eigenvalue weighted by Gasteiger charge is 2.31. The predicted molar refractivity (Wildman–Crippen MR) is 125 cm³/mol. The summed E-state index contributed by atoms with van der Waals surface area (Å²) < 4.78 is 26.3. The molecule has 1 unspecified atom stereocenters. The summed E-state index contributed by atoms with van der Waals surface area (Å²) in [4.78, 5) is 15.4. The van der Waals surface area contributed by atoms with Crippen molar-refractivity contribution in [2.75, 3.05) is 23.7 Å². The van der Waals surface area contributed by atoms with E-state index in [9.17, 15) is 13.2 Å². The van der Waals surface area contributed by atoms with Crippen LogP contribution in [0.5, 0.6) is 0 Å². The minimum absolute atomic E-state index is 0.296. The Kier molecular flexibility index (Phi) is 7.73. The largest absolute Gasteiger partial charge is 0.350 e. The average molecular weight is 444 g/mol. The van der Waals surface area contributed by atoms with Crippen LogP contribution in [0.1, 0.15) is 42.9 Å². The zero-order valence-corrected chi connectivity index (χ0v) is 19.5. The van der Waals surface area contributed by atoms with Gasteiger partial charge in [-0.05, 0) is 68.1 Å². The molecule has 0 bridgehead atoms. The normalized spacial score (nSPS) is 15.6. The fourth-order valence-corrected chi connectivity index (χ4v) is 5.30. The first-order valence-corrected chi connectivity index (χ1v) is 12.8. The van der Waals surface area contributed by atoms with Crippen molar-refractivity contribution in [2.45, 2.75) is 52.2 Å². The van der Waals surface area contributed by atoms with Gasteiger partial charge in [-0.2, -0.15) is 0 Å². The van der Waals surface area contributed by atoms with Gasteiger partial charge in [0.1, 0.15) is 6.04 Å². The molecule has 2 aromatic rings. The molecule has 0 saturated carbocycles. The number of benzene rings is 2. The van der Waals surface area contributed by atoms with Crippen molar-refractivity contribution in [1.29, 1.82) is 0 Å². The third kappa shape index (κ3) is 6.31. The lowest BCUT2D eigenvalue weighted by molar-refractivity contribution is -0.122. The van der Waals surface area contributed by atoms with Crippen molar-refractivity contribution < 1.29 is 13.2 Å². The third-order valence-electron chi connectivity index (χ3n) is 5.68. The van der Waals surface area contributed by atoms with Gasteiger partial charge < -0.3 is 5.32 Å². The topological polar surface area (TPSA) is 69.7 Å². The highest BCUT2D eigenvalue weighted by Crippen LogP contribution is 2.23. The van der Waals surface area contributed by atoms with E-state index < -0.39 is 16.1 Å². The number of amides is 1. The molecule has 1 aliphatic rings. The number of rotatable bonds is 9. The number of anilines is 1. The van der Waals surface area contributed by atoms with Gasteiger partial charge in [-0.3, -0.25) is 14.0 Å². The standard InChI is InChI=1S/C24H33N3O3S/c1-4-23(27(31(3,29)30)22-9-7-8-19(2)16-22)24(28)25-17-20-10-12-21(13-11-20)18-26-14-5-6-15-26/h7-13,16,23H,4-6,14-15,17-18H2,1-3H3,(H,25,28). The third-order valence-corrected chi connectivity index (χ3v) is 6.86. The maximum atomic E-state index is 13.0. The number of carbonyl (C=O) groups is 1. The number of nitrogens with one attached hydrogen (secondary N) is 1. The molecule has 7 heteroatoms. The first kappa shape index (κ1) is 23.3. The minimum Gasteiger partial charge on any atom is -0.350 e. The Morgan fingerprint density at radius 1 is 1.10 bits per heavy atom. The van der Waals surface area contributed by atoms with Gasteiger partial charge in [0.15, 0.2) is 0 Å². The lowest BCUT2D eigenvalue weighted by Crippen LogP contribution is -2.49. The van der Waals surface area contributed by atoms with Gasteiger partial charge in [-0.1, -0.05) is 43.3 Å². The molecule has 0 aliphatic carbocycles. The molecule has 1 heterocycles. The first-order valence-electron chi connectivity index (χ1n) is 10.9. The number of nitrogens with zero attached hydrogens (tertiary/aromatic N) is 2. The van der Waals surface area contributed by atoms with Crippen LogP contribution < -0.4 is 9.62 Å². The Bertz CT molecular complexity index is 983. The number of sulfonamides is 1. The Morgan fingerprint density at radius 2 is 1.74 bits per heavy atom. The second-order valence-electron chi connectivity index (χ2n) is 8.34. The fourth-order valence-electron chi connectivity index (χ4n) is 4.09. The first-order chi connectivity index (χ1) is 14.8. The van der Waals surface area contributed by atoms with E-state index in [2.05, 4.69) is 22.3 Å². The van der Waals surface area contributed by atoms with E-state index >= 15 is 0 Å². The molecule has 2 aromatic carbocycles. The summed E-state index contributed by atoms with van der Waals surface area (Å²) in [5.41, 5.74) is 3.71. The molecule has 1 N–H and O–H groups in total. The van der Waals surface area contributed by atoms with E-state index in [0.29, 0.717) is 18.7 Å². The molecule has 0 aromatic heterocycles. The Labute approximate surface area is 186 Å². The van der Waals surface area contributed by atoms with Crippen LogP contribution >= 0.6 is 0 Å². The second-order valence-corrected chi connectivity index (χ2v) is 10.2. The van der Waals surface area contributed by atoms with Crippen LogP contribution in [0.4, 0.5) is 5.69 Å². The minimum atomic E-state index is -3.62. The highest BCUT2D eigenvalue weighted by molar-refractivity contribution is 7.92. The summed E-state index contributed by atoms with van der Waals surface area (Å²) in [6, 6.07) is 14.7. The molecule has 1 aliphatic heterocycles. The molecule has 0 radical (unpaired) electrons. The van der Waals surface area contributed by atoms with Crippen LogP contribution in [0, 0.1) is 6.92 Å². The molecule has 3 rings (SSSR count). The summed E-state index contributed by atoms with van der Waals surface area (Å²) in [7, 11) is -3.62. The second kappa shape index (κ2) is 10.3. The summed E-state index contributed by atoms with van der Waals surface area (Å²) in [5.74, 6) is -0.296. The Morgan fingerprint density at radius 3 is 2.32 bits per heavy atom. The summed E-state index contributed by atoms with van der Waals surface area (Å²) in [6.07, 6.45) is 4.07. The molecule has 1 amide bonds. The van der Waals surface area contributed by atoms with E-state index in [4.69, 9.17) is 0 Å². The van der Waals surface area contributed by atoms with Crippen molar-refractivity contribution in [3.8, 4) is 0 Å². The molecule has 0 spiro atoms. The van der Waals surface area contributed by atoms with E-state index in [-0.39, 0.29) is 5.91 Å². The smallest absolute Gasteiger partial charge is 0.244 e.